The number of rotatable bonds is 9. The van der Waals surface area contributed by atoms with E-state index in [4.69, 9.17) is 9.47 Å². The summed E-state index contributed by atoms with van der Waals surface area (Å²) >= 11 is 1.30. The first-order chi connectivity index (χ1) is 15.4. The predicted molar refractivity (Wildman–Crippen MR) is 123 cm³/mol. The molecule has 9 heteroatoms. The van der Waals surface area contributed by atoms with Crippen LogP contribution in [0.5, 0.6) is 5.75 Å². The van der Waals surface area contributed by atoms with Crippen molar-refractivity contribution in [1.82, 2.24) is 14.8 Å². The number of amides is 1. The number of aromatic nitrogens is 3. The Balaban J connectivity index is 1.55. The van der Waals surface area contributed by atoms with Gasteiger partial charge >= 0.3 is 5.97 Å². The van der Waals surface area contributed by atoms with Gasteiger partial charge in [-0.05, 0) is 49.7 Å². The minimum Gasteiger partial charge on any atom is -0.497 e. The molecule has 0 unspecified atom stereocenters. The second-order valence-corrected chi connectivity index (χ2v) is 8.30. The summed E-state index contributed by atoms with van der Waals surface area (Å²) in [6.07, 6.45) is 0.414. The molecule has 1 heterocycles. The maximum absolute atomic E-state index is 12.4. The number of anilines is 1. The van der Waals surface area contributed by atoms with Crippen molar-refractivity contribution in [2.24, 2.45) is 7.05 Å². The summed E-state index contributed by atoms with van der Waals surface area (Å²) in [7, 11) is 3.51. The highest BCUT2D eigenvalue weighted by Crippen LogP contribution is 2.20. The molecule has 3 rings (SSSR count). The number of hydrogen-bond acceptors (Lipinski definition) is 7. The van der Waals surface area contributed by atoms with E-state index in [2.05, 4.69) is 15.5 Å². The summed E-state index contributed by atoms with van der Waals surface area (Å²) in [6, 6.07) is 14.5. The topological polar surface area (TPSA) is 95.3 Å². The molecule has 0 spiro atoms. The number of carbonyl (C=O) groups excluding carboxylic acids is 2. The Morgan fingerprint density at radius 1 is 1.12 bits per heavy atom. The molecule has 0 saturated carbocycles. The molecule has 0 aliphatic rings. The SMILES string of the molecule is COc1ccc(Cc2nnc(SCC(=O)Nc3cccc(C(=O)OC(C)C)c3)n2C)cc1. The average Bonchev–Trinajstić information content (AvgIpc) is 3.11. The average molecular weight is 455 g/mol. The number of ether oxygens (including phenoxy) is 2. The van der Waals surface area contributed by atoms with Crippen LogP contribution in [0.4, 0.5) is 5.69 Å². The van der Waals surface area contributed by atoms with Crippen molar-refractivity contribution in [2.45, 2.75) is 31.5 Å². The van der Waals surface area contributed by atoms with E-state index in [9.17, 15) is 9.59 Å². The van der Waals surface area contributed by atoms with E-state index in [0.29, 0.717) is 22.8 Å². The van der Waals surface area contributed by atoms with E-state index in [0.717, 1.165) is 17.1 Å². The number of benzene rings is 2. The number of nitrogens with zero attached hydrogens (tertiary/aromatic N) is 3. The lowest BCUT2D eigenvalue weighted by Gasteiger charge is -2.10. The van der Waals surface area contributed by atoms with Gasteiger partial charge in [0.25, 0.3) is 0 Å². The van der Waals surface area contributed by atoms with E-state index in [-0.39, 0.29) is 17.8 Å². The van der Waals surface area contributed by atoms with Gasteiger partial charge in [-0.25, -0.2) is 4.79 Å². The van der Waals surface area contributed by atoms with Crippen LogP contribution in [-0.2, 0) is 23.0 Å². The summed E-state index contributed by atoms with van der Waals surface area (Å²) < 4.78 is 12.3. The van der Waals surface area contributed by atoms with Crippen LogP contribution in [0, 0.1) is 0 Å². The van der Waals surface area contributed by atoms with Crippen LogP contribution in [0.2, 0.25) is 0 Å². The van der Waals surface area contributed by atoms with Crippen LogP contribution in [0.1, 0.15) is 35.6 Å². The second-order valence-electron chi connectivity index (χ2n) is 7.35. The first kappa shape index (κ1) is 23.3. The van der Waals surface area contributed by atoms with Gasteiger partial charge in [-0.15, -0.1) is 10.2 Å². The lowest BCUT2D eigenvalue weighted by atomic mass is 10.1. The lowest BCUT2D eigenvalue weighted by Crippen LogP contribution is -2.16. The molecule has 1 amide bonds. The molecule has 32 heavy (non-hydrogen) atoms. The largest absolute Gasteiger partial charge is 0.497 e. The number of methoxy groups -OCH3 is 1. The van der Waals surface area contributed by atoms with Crippen molar-refractivity contribution in [1.29, 1.82) is 0 Å². The van der Waals surface area contributed by atoms with E-state index in [1.54, 1.807) is 45.2 Å². The molecular formula is C23H26N4O4S. The first-order valence-electron chi connectivity index (χ1n) is 10.1. The van der Waals surface area contributed by atoms with Gasteiger partial charge in [-0.3, -0.25) is 4.79 Å². The Morgan fingerprint density at radius 3 is 2.56 bits per heavy atom. The fraction of sp³-hybridized carbons (Fsp3) is 0.304. The van der Waals surface area contributed by atoms with E-state index in [1.165, 1.54) is 11.8 Å². The molecule has 0 bridgehead atoms. The van der Waals surface area contributed by atoms with Gasteiger partial charge in [-0.2, -0.15) is 0 Å². The molecule has 0 saturated heterocycles. The molecule has 2 aromatic carbocycles. The minimum atomic E-state index is -0.422. The maximum Gasteiger partial charge on any atom is 0.338 e. The van der Waals surface area contributed by atoms with Gasteiger partial charge in [0.15, 0.2) is 5.16 Å². The van der Waals surface area contributed by atoms with Gasteiger partial charge < -0.3 is 19.4 Å². The zero-order valence-electron chi connectivity index (χ0n) is 18.5. The van der Waals surface area contributed by atoms with Gasteiger partial charge in [0.05, 0.1) is 24.5 Å². The van der Waals surface area contributed by atoms with Crippen molar-refractivity contribution in [2.75, 3.05) is 18.2 Å². The maximum atomic E-state index is 12.4. The fourth-order valence-corrected chi connectivity index (χ4v) is 3.61. The molecule has 0 atom stereocenters. The highest BCUT2D eigenvalue weighted by Gasteiger charge is 2.14. The Labute approximate surface area is 191 Å². The Kier molecular flexibility index (Phi) is 7.88. The second kappa shape index (κ2) is 10.8. The quantitative estimate of drug-likeness (QED) is 0.389. The third kappa shape index (κ3) is 6.34. The smallest absolute Gasteiger partial charge is 0.338 e. The van der Waals surface area contributed by atoms with Gasteiger partial charge in [-0.1, -0.05) is 30.0 Å². The van der Waals surface area contributed by atoms with Crippen LogP contribution in [0.15, 0.2) is 53.7 Å². The van der Waals surface area contributed by atoms with E-state index < -0.39 is 5.97 Å². The van der Waals surface area contributed by atoms with Gasteiger partial charge in [0, 0.05) is 19.2 Å². The van der Waals surface area contributed by atoms with Crippen LogP contribution in [0.25, 0.3) is 0 Å². The van der Waals surface area contributed by atoms with Crippen LogP contribution >= 0.6 is 11.8 Å². The van der Waals surface area contributed by atoms with Gasteiger partial charge in [0.2, 0.25) is 5.91 Å². The first-order valence-corrected chi connectivity index (χ1v) is 11.1. The number of thioether (sulfide) groups is 1. The van der Waals surface area contributed by atoms with Crippen LogP contribution in [0.3, 0.4) is 0 Å². The van der Waals surface area contributed by atoms with Crippen molar-refractivity contribution >= 4 is 29.3 Å². The van der Waals surface area contributed by atoms with Gasteiger partial charge in [0.1, 0.15) is 11.6 Å². The predicted octanol–water partition coefficient (Wildman–Crippen LogP) is 3.71. The highest BCUT2D eigenvalue weighted by molar-refractivity contribution is 7.99. The molecule has 1 aromatic heterocycles. The Morgan fingerprint density at radius 2 is 1.88 bits per heavy atom. The van der Waals surface area contributed by atoms with Crippen molar-refractivity contribution in [3.05, 3.63) is 65.5 Å². The molecule has 168 valence electrons. The van der Waals surface area contributed by atoms with E-state index >= 15 is 0 Å². The molecule has 8 nitrogen and oxygen atoms in total. The molecule has 0 aliphatic carbocycles. The fourth-order valence-electron chi connectivity index (χ4n) is 2.88. The summed E-state index contributed by atoms with van der Waals surface area (Å²) in [5.41, 5.74) is 2.01. The molecular weight excluding hydrogens is 428 g/mol. The summed E-state index contributed by atoms with van der Waals surface area (Å²) in [5.74, 6) is 1.14. The number of nitrogens with one attached hydrogen (secondary N) is 1. The standard InChI is InChI=1S/C23H26N4O4S/c1-15(2)31-22(29)17-6-5-7-18(13-17)24-21(28)14-32-23-26-25-20(27(23)3)12-16-8-10-19(30-4)11-9-16/h5-11,13,15H,12,14H2,1-4H3,(H,24,28). The summed E-state index contributed by atoms with van der Waals surface area (Å²) in [6.45, 7) is 3.57. The highest BCUT2D eigenvalue weighted by atomic mass is 32.2. The Bertz CT molecular complexity index is 1080. The van der Waals surface area contributed by atoms with Crippen molar-refractivity contribution in [3.63, 3.8) is 0 Å². The molecule has 3 aromatic rings. The number of hydrogen-bond donors (Lipinski definition) is 1. The van der Waals surface area contributed by atoms with Crippen molar-refractivity contribution < 1.29 is 19.1 Å². The third-order valence-corrected chi connectivity index (χ3v) is 5.52. The summed E-state index contributed by atoms with van der Waals surface area (Å²) in [4.78, 5) is 24.4. The molecule has 0 radical (unpaired) electrons. The third-order valence-electron chi connectivity index (χ3n) is 4.50. The van der Waals surface area contributed by atoms with Crippen LogP contribution in [-0.4, -0.2) is 45.6 Å². The minimum absolute atomic E-state index is 0.162. The zero-order valence-corrected chi connectivity index (χ0v) is 19.3. The van der Waals surface area contributed by atoms with Crippen molar-refractivity contribution in [3.8, 4) is 5.75 Å². The monoisotopic (exact) mass is 454 g/mol. The molecule has 1 N–H and O–H groups in total. The zero-order chi connectivity index (χ0) is 23.1. The number of esters is 1. The van der Waals surface area contributed by atoms with Crippen LogP contribution < -0.4 is 10.1 Å². The molecule has 0 aliphatic heterocycles. The molecule has 0 fully saturated rings. The lowest BCUT2D eigenvalue weighted by molar-refractivity contribution is -0.113. The summed E-state index contributed by atoms with van der Waals surface area (Å²) in [5, 5.41) is 11.9. The Hall–Kier alpha value is -3.33. The number of carbonyl (C=O) groups is 2. The normalized spacial score (nSPS) is 10.8. The van der Waals surface area contributed by atoms with E-state index in [1.807, 2.05) is 35.9 Å².